The number of aliphatic hydroxyl groups excluding tert-OH is 1. The second-order valence-corrected chi connectivity index (χ2v) is 7.20. The number of aliphatic hydroxyl groups is 1. The molecule has 0 radical (unpaired) electrons. The molecule has 5 N–H and O–H groups in total. The number of unbranched alkanes of at least 4 members (excludes halogenated alkanes) is 2. The quantitative estimate of drug-likeness (QED) is 0.280. The van der Waals surface area contributed by atoms with Crippen molar-refractivity contribution in [1.82, 2.24) is 10.6 Å². The largest absolute Gasteiger partial charge is 0.463 e. The summed E-state index contributed by atoms with van der Waals surface area (Å²) >= 11 is 0. The molecule has 0 amide bonds. The average Bonchev–Trinajstić information content (AvgIpc) is 2.47. The number of rotatable bonds is 14. The lowest BCUT2D eigenvalue weighted by atomic mass is 9.89. The zero-order valence-corrected chi connectivity index (χ0v) is 15.2. The number of nitrogens with two attached hydrogens (primary N) is 1. The highest BCUT2D eigenvalue weighted by Crippen LogP contribution is 2.22. The van der Waals surface area contributed by atoms with Crippen LogP contribution in [0.3, 0.4) is 0 Å². The molecule has 0 aromatic rings. The van der Waals surface area contributed by atoms with Gasteiger partial charge in [-0.05, 0) is 18.3 Å². The van der Waals surface area contributed by atoms with Crippen LogP contribution in [-0.4, -0.2) is 56.5 Å². The van der Waals surface area contributed by atoms with Crippen molar-refractivity contribution >= 4 is 5.97 Å². The van der Waals surface area contributed by atoms with Crippen LogP contribution in [-0.2, 0) is 9.53 Å². The minimum Gasteiger partial charge on any atom is -0.463 e. The monoisotopic (exact) mass is 331 g/mol. The first-order chi connectivity index (χ1) is 10.8. The Kier molecular flexibility index (Phi) is 13.3. The minimum absolute atomic E-state index is 0.0596. The zero-order valence-electron chi connectivity index (χ0n) is 15.2. The van der Waals surface area contributed by atoms with Crippen molar-refractivity contribution in [2.24, 2.45) is 11.1 Å². The van der Waals surface area contributed by atoms with E-state index in [4.69, 9.17) is 10.5 Å². The third-order valence-corrected chi connectivity index (χ3v) is 3.42. The number of ether oxygens (including phenoxy) is 1. The first kappa shape index (κ1) is 22.3. The van der Waals surface area contributed by atoms with Crippen LogP contribution in [0.15, 0.2) is 0 Å². The SMILES string of the molecule is CC(C)(C)CCCCCC(=O)OCC(O)CNCCNCCN. The van der Waals surface area contributed by atoms with Crippen LogP contribution in [0.1, 0.15) is 52.9 Å². The van der Waals surface area contributed by atoms with E-state index in [1.54, 1.807) is 0 Å². The summed E-state index contributed by atoms with van der Waals surface area (Å²) in [4.78, 5) is 11.6. The molecule has 0 spiro atoms. The number of hydrogen-bond acceptors (Lipinski definition) is 6. The molecular weight excluding hydrogens is 294 g/mol. The molecule has 6 heteroatoms. The van der Waals surface area contributed by atoms with Crippen molar-refractivity contribution in [2.45, 2.75) is 59.0 Å². The van der Waals surface area contributed by atoms with Crippen molar-refractivity contribution in [2.75, 3.05) is 39.3 Å². The first-order valence-electron chi connectivity index (χ1n) is 8.80. The number of esters is 1. The van der Waals surface area contributed by atoms with Crippen LogP contribution < -0.4 is 16.4 Å². The van der Waals surface area contributed by atoms with E-state index < -0.39 is 6.10 Å². The maximum atomic E-state index is 11.6. The van der Waals surface area contributed by atoms with Crippen molar-refractivity contribution in [3.63, 3.8) is 0 Å². The maximum Gasteiger partial charge on any atom is 0.305 e. The van der Waals surface area contributed by atoms with Crippen LogP contribution in [0.25, 0.3) is 0 Å². The lowest BCUT2D eigenvalue weighted by molar-refractivity contribution is -0.146. The van der Waals surface area contributed by atoms with Gasteiger partial charge in [0.05, 0.1) is 0 Å². The van der Waals surface area contributed by atoms with Crippen molar-refractivity contribution in [3.8, 4) is 0 Å². The molecule has 0 bridgehead atoms. The molecule has 0 aliphatic heterocycles. The number of carbonyl (C=O) groups excluding carboxylic acids is 1. The molecule has 0 aliphatic rings. The van der Waals surface area contributed by atoms with E-state index in [1.807, 2.05) is 0 Å². The third-order valence-electron chi connectivity index (χ3n) is 3.42. The lowest BCUT2D eigenvalue weighted by Gasteiger charge is -2.17. The lowest BCUT2D eigenvalue weighted by Crippen LogP contribution is -2.36. The Balaban J connectivity index is 3.43. The van der Waals surface area contributed by atoms with Crippen LogP contribution in [0, 0.1) is 5.41 Å². The molecule has 1 atom stereocenters. The Morgan fingerprint density at radius 3 is 2.48 bits per heavy atom. The summed E-state index contributed by atoms with van der Waals surface area (Å²) in [6, 6.07) is 0. The third kappa shape index (κ3) is 17.5. The van der Waals surface area contributed by atoms with Gasteiger partial charge in [-0.25, -0.2) is 0 Å². The Morgan fingerprint density at radius 2 is 1.83 bits per heavy atom. The Labute approximate surface area is 141 Å². The molecule has 0 heterocycles. The molecule has 0 saturated carbocycles. The molecule has 23 heavy (non-hydrogen) atoms. The van der Waals surface area contributed by atoms with Crippen LogP contribution >= 0.6 is 0 Å². The van der Waals surface area contributed by atoms with E-state index >= 15 is 0 Å². The normalized spacial score (nSPS) is 13.1. The Hall–Kier alpha value is -0.690. The Morgan fingerprint density at radius 1 is 1.13 bits per heavy atom. The first-order valence-corrected chi connectivity index (χ1v) is 8.80. The van der Waals surface area contributed by atoms with Gasteiger partial charge in [0.1, 0.15) is 12.7 Å². The summed E-state index contributed by atoms with van der Waals surface area (Å²) in [6.45, 7) is 10.1. The average molecular weight is 332 g/mol. The van der Waals surface area contributed by atoms with Crippen molar-refractivity contribution in [1.29, 1.82) is 0 Å². The fraction of sp³-hybridized carbons (Fsp3) is 0.941. The minimum atomic E-state index is -0.658. The van der Waals surface area contributed by atoms with E-state index in [-0.39, 0.29) is 12.6 Å². The number of nitrogens with one attached hydrogen (secondary N) is 2. The van der Waals surface area contributed by atoms with E-state index in [1.165, 1.54) is 6.42 Å². The molecular formula is C17H37N3O3. The van der Waals surface area contributed by atoms with E-state index in [0.29, 0.717) is 24.9 Å². The van der Waals surface area contributed by atoms with Crippen LogP contribution in [0.5, 0.6) is 0 Å². The van der Waals surface area contributed by atoms with E-state index in [9.17, 15) is 9.90 Å². The molecule has 0 rings (SSSR count). The molecule has 0 aromatic heterocycles. The van der Waals surface area contributed by atoms with Gasteiger partial charge >= 0.3 is 5.97 Å². The molecule has 0 aliphatic carbocycles. The topological polar surface area (TPSA) is 96.6 Å². The second-order valence-electron chi connectivity index (χ2n) is 7.20. The highest BCUT2D eigenvalue weighted by atomic mass is 16.5. The molecule has 0 saturated heterocycles. The van der Waals surface area contributed by atoms with Gasteiger partial charge in [0, 0.05) is 39.1 Å². The summed E-state index contributed by atoms with van der Waals surface area (Å²) in [6.07, 6.45) is 4.00. The molecule has 6 nitrogen and oxygen atoms in total. The van der Waals surface area contributed by atoms with Crippen molar-refractivity contribution < 1.29 is 14.6 Å². The Bertz CT molecular complexity index is 293. The van der Waals surface area contributed by atoms with E-state index in [2.05, 4.69) is 31.4 Å². The summed E-state index contributed by atoms with van der Waals surface area (Å²) in [5, 5.41) is 16.0. The van der Waals surface area contributed by atoms with Gasteiger partial charge in [-0.2, -0.15) is 0 Å². The van der Waals surface area contributed by atoms with Gasteiger partial charge in [-0.1, -0.05) is 33.6 Å². The summed E-state index contributed by atoms with van der Waals surface area (Å²) in [5.41, 5.74) is 5.72. The predicted octanol–water partition coefficient (Wildman–Crippen LogP) is 1.03. The maximum absolute atomic E-state index is 11.6. The van der Waals surface area contributed by atoms with Gasteiger partial charge < -0.3 is 26.2 Å². The molecule has 0 fully saturated rings. The molecule has 0 aromatic carbocycles. The van der Waals surface area contributed by atoms with Gasteiger partial charge in [-0.15, -0.1) is 0 Å². The summed E-state index contributed by atoms with van der Waals surface area (Å²) in [7, 11) is 0. The highest BCUT2D eigenvalue weighted by molar-refractivity contribution is 5.69. The fourth-order valence-electron chi connectivity index (χ4n) is 2.09. The van der Waals surface area contributed by atoms with Crippen LogP contribution in [0.2, 0.25) is 0 Å². The zero-order chi connectivity index (χ0) is 17.6. The number of hydrogen-bond donors (Lipinski definition) is 4. The van der Waals surface area contributed by atoms with Gasteiger partial charge in [0.2, 0.25) is 0 Å². The van der Waals surface area contributed by atoms with Gasteiger partial charge in [0.25, 0.3) is 0 Å². The molecule has 1 unspecified atom stereocenters. The number of carbonyl (C=O) groups is 1. The highest BCUT2D eigenvalue weighted by Gasteiger charge is 2.11. The van der Waals surface area contributed by atoms with Crippen molar-refractivity contribution in [3.05, 3.63) is 0 Å². The predicted molar refractivity (Wildman–Crippen MR) is 94.3 cm³/mol. The van der Waals surface area contributed by atoms with Crippen LogP contribution in [0.4, 0.5) is 0 Å². The van der Waals surface area contributed by atoms with Gasteiger partial charge in [0.15, 0.2) is 0 Å². The van der Waals surface area contributed by atoms with E-state index in [0.717, 1.165) is 38.9 Å². The molecule has 138 valence electrons. The summed E-state index contributed by atoms with van der Waals surface area (Å²) < 4.78 is 5.09. The standard InChI is InChI=1S/C17H37N3O3/c1-17(2,3)8-6-4-5-7-16(22)23-14-15(21)13-20-12-11-19-10-9-18/h15,19-21H,4-14,18H2,1-3H3. The second kappa shape index (κ2) is 13.7. The van der Waals surface area contributed by atoms with Gasteiger partial charge in [-0.3, -0.25) is 4.79 Å². The summed E-state index contributed by atoms with van der Waals surface area (Å²) in [5.74, 6) is -0.218. The fourth-order valence-corrected chi connectivity index (χ4v) is 2.09. The smallest absolute Gasteiger partial charge is 0.305 e.